The molecule has 1 aliphatic carbocycles. The van der Waals surface area contributed by atoms with E-state index < -0.39 is 11.7 Å². The number of anilines is 1. The van der Waals surface area contributed by atoms with Gasteiger partial charge in [0, 0.05) is 0 Å². The maximum absolute atomic E-state index is 12.7. The van der Waals surface area contributed by atoms with Crippen molar-refractivity contribution in [3.8, 4) is 11.5 Å². The third-order valence-electron chi connectivity index (χ3n) is 4.52. The highest BCUT2D eigenvalue weighted by atomic mass is 19.4. The molecule has 128 valence electrons. The van der Waals surface area contributed by atoms with Gasteiger partial charge in [0.25, 0.3) is 0 Å². The fraction of sp³-hybridized carbons (Fsp3) is 0.368. The lowest BCUT2D eigenvalue weighted by molar-refractivity contribution is -0.137. The minimum Gasteiger partial charge on any atom is -0.455 e. The number of hydrogen-bond acceptors (Lipinski definition) is 2. The highest BCUT2D eigenvalue weighted by Gasteiger charge is 2.31. The second-order valence-corrected chi connectivity index (χ2v) is 6.26. The first-order valence-corrected chi connectivity index (χ1v) is 8.18. The Hall–Kier alpha value is -2.17. The number of rotatable bonds is 3. The number of ether oxygens (including phenoxy) is 1. The Morgan fingerprint density at radius 1 is 0.917 bits per heavy atom. The highest BCUT2D eigenvalue weighted by molar-refractivity contribution is 5.56. The zero-order chi connectivity index (χ0) is 17.2. The van der Waals surface area contributed by atoms with E-state index in [1.165, 1.54) is 43.7 Å². The van der Waals surface area contributed by atoms with Crippen LogP contribution in [0.1, 0.15) is 49.1 Å². The molecule has 0 aliphatic heterocycles. The van der Waals surface area contributed by atoms with Gasteiger partial charge in [0.2, 0.25) is 0 Å². The fourth-order valence-corrected chi connectivity index (χ4v) is 3.19. The zero-order valence-electron chi connectivity index (χ0n) is 13.3. The molecule has 0 unspecified atom stereocenters. The van der Waals surface area contributed by atoms with Crippen molar-refractivity contribution in [2.24, 2.45) is 0 Å². The smallest absolute Gasteiger partial charge is 0.416 e. The van der Waals surface area contributed by atoms with Crippen molar-refractivity contribution in [3.63, 3.8) is 0 Å². The Bertz CT molecular complexity index is 689. The molecular weight excluding hydrogens is 315 g/mol. The van der Waals surface area contributed by atoms with Crippen LogP contribution in [0, 0.1) is 0 Å². The molecule has 5 heteroatoms. The van der Waals surface area contributed by atoms with E-state index in [0.29, 0.717) is 11.7 Å². The molecule has 1 aliphatic rings. The molecular formula is C19H20F3NO. The molecule has 0 spiro atoms. The van der Waals surface area contributed by atoms with Gasteiger partial charge in [-0.3, -0.25) is 0 Å². The molecule has 0 heterocycles. The summed E-state index contributed by atoms with van der Waals surface area (Å²) in [7, 11) is 0. The average Bonchev–Trinajstić information content (AvgIpc) is 2.57. The summed E-state index contributed by atoms with van der Waals surface area (Å²) < 4.78 is 43.6. The predicted molar refractivity (Wildman–Crippen MR) is 88.2 cm³/mol. The van der Waals surface area contributed by atoms with Crippen LogP contribution in [0.4, 0.5) is 18.9 Å². The Labute approximate surface area is 139 Å². The normalized spacial score (nSPS) is 16.1. The minimum absolute atomic E-state index is 0.0267. The lowest BCUT2D eigenvalue weighted by Gasteiger charge is -2.22. The molecule has 3 rings (SSSR count). The summed E-state index contributed by atoms with van der Waals surface area (Å²) in [6, 6.07) is 10.9. The fourth-order valence-electron chi connectivity index (χ4n) is 3.19. The molecule has 24 heavy (non-hydrogen) atoms. The zero-order valence-corrected chi connectivity index (χ0v) is 13.3. The first-order chi connectivity index (χ1) is 11.4. The third-order valence-corrected chi connectivity index (χ3v) is 4.52. The summed E-state index contributed by atoms with van der Waals surface area (Å²) in [5.41, 5.74) is 6.18. The van der Waals surface area contributed by atoms with Gasteiger partial charge in [0.05, 0.1) is 11.3 Å². The number of benzene rings is 2. The predicted octanol–water partition coefficient (Wildman–Crippen LogP) is 6.13. The monoisotopic (exact) mass is 335 g/mol. The van der Waals surface area contributed by atoms with Crippen molar-refractivity contribution in [2.75, 3.05) is 5.73 Å². The van der Waals surface area contributed by atoms with Crippen LogP contribution in [-0.2, 0) is 6.18 Å². The van der Waals surface area contributed by atoms with E-state index in [0.717, 1.165) is 12.1 Å². The van der Waals surface area contributed by atoms with Gasteiger partial charge in [-0.25, -0.2) is 0 Å². The van der Waals surface area contributed by atoms with Crippen molar-refractivity contribution in [1.82, 2.24) is 0 Å². The van der Waals surface area contributed by atoms with Crippen LogP contribution in [0.2, 0.25) is 0 Å². The van der Waals surface area contributed by atoms with Gasteiger partial charge in [0.1, 0.15) is 11.5 Å². The van der Waals surface area contributed by atoms with E-state index in [4.69, 9.17) is 10.5 Å². The molecule has 0 radical (unpaired) electrons. The summed E-state index contributed by atoms with van der Waals surface area (Å²) in [5.74, 6) is 1.40. The van der Waals surface area contributed by atoms with Crippen molar-refractivity contribution in [1.29, 1.82) is 0 Å². The summed E-state index contributed by atoms with van der Waals surface area (Å²) in [5, 5.41) is 0. The number of halogens is 3. The van der Waals surface area contributed by atoms with Crippen LogP contribution in [0.5, 0.6) is 11.5 Å². The summed E-state index contributed by atoms with van der Waals surface area (Å²) in [6.45, 7) is 0. The van der Waals surface area contributed by atoms with Crippen LogP contribution >= 0.6 is 0 Å². The molecule has 0 aromatic heterocycles. The van der Waals surface area contributed by atoms with E-state index in [9.17, 15) is 13.2 Å². The SMILES string of the molecule is Nc1cc(C(F)(F)F)ccc1Oc1ccc(C2CCCCC2)cc1. The third kappa shape index (κ3) is 3.83. The number of nitrogens with two attached hydrogens (primary N) is 1. The lowest BCUT2D eigenvalue weighted by atomic mass is 9.84. The van der Waals surface area contributed by atoms with Gasteiger partial charge in [0.15, 0.2) is 0 Å². The van der Waals surface area contributed by atoms with E-state index >= 15 is 0 Å². The second-order valence-electron chi connectivity index (χ2n) is 6.26. The Morgan fingerprint density at radius 3 is 2.17 bits per heavy atom. The molecule has 2 nitrogen and oxygen atoms in total. The standard InChI is InChI=1S/C19H20F3NO/c20-19(21,22)15-8-11-18(17(23)12-15)24-16-9-6-14(7-10-16)13-4-2-1-3-5-13/h6-13H,1-5,23H2. The van der Waals surface area contributed by atoms with E-state index in [1.807, 2.05) is 24.3 Å². The van der Waals surface area contributed by atoms with Crippen molar-refractivity contribution < 1.29 is 17.9 Å². The molecule has 0 bridgehead atoms. The van der Waals surface area contributed by atoms with Gasteiger partial charge in [-0.05, 0) is 54.7 Å². The van der Waals surface area contributed by atoms with Gasteiger partial charge < -0.3 is 10.5 Å². The number of nitrogen functional groups attached to an aromatic ring is 1. The molecule has 2 aromatic rings. The number of hydrogen-bond donors (Lipinski definition) is 1. The van der Waals surface area contributed by atoms with Crippen molar-refractivity contribution in [2.45, 2.75) is 44.2 Å². The molecule has 1 saturated carbocycles. The highest BCUT2D eigenvalue weighted by Crippen LogP contribution is 2.36. The Morgan fingerprint density at radius 2 is 1.58 bits per heavy atom. The molecule has 1 fully saturated rings. The average molecular weight is 335 g/mol. The topological polar surface area (TPSA) is 35.2 Å². The first kappa shape index (κ1) is 16.7. The van der Waals surface area contributed by atoms with E-state index in [-0.39, 0.29) is 11.4 Å². The first-order valence-electron chi connectivity index (χ1n) is 8.18. The van der Waals surface area contributed by atoms with E-state index in [1.54, 1.807) is 0 Å². The molecule has 0 atom stereocenters. The maximum Gasteiger partial charge on any atom is 0.416 e. The lowest BCUT2D eigenvalue weighted by Crippen LogP contribution is -2.06. The van der Waals surface area contributed by atoms with E-state index in [2.05, 4.69) is 0 Å². The van der Waals surface area contributed by atoms with Crippen LogP contribution < -0.4 is 10.5 Å². The molecule has 2 N–H and O–H groups in total. The maximum atomic E-state index is 12.7. The van der Waals surface area contributed by atoms with Crippen molar-refractivity contribution in [3.05, 3.63) is 53.6 Å². The quantitative estimate of drug-likeness (QED) is 0.685. The minimum atomic E-state index is -4.41. The summed E-state index contributed by atoms with van der Waals surface area (Å²) in [4.78, 5) is 0. The van der Waals surface area contributed by atoms with Crippen LogP contribution in [0.15, 0.2) is 42.5 Å². The molecule has 0 amide bonds. The van der Waals surface area contributed by atoms with Crippen LogP contribution in [0.3, 0.4) is 0 Å². The number of alkyl halides is 3. The summed E-state index contributed by atoms with van der Waals surface area (Å²) >= 11 is 0. The summed E-state index contributed by atoms with van der Waals surface area (Å²) in [6.07, 6.45) is 1.87. The largest absolute Gasteiger partial charge is 0.455 e. The van der Waals surface area contributed by atoms with Gasteiger partial charge >= 0.3 is 6.18 Å². The van der Waals surface area contributed by atoms with Gasteiger partial charge in [-0.1, -0.05) is 31.4 Å². The second kappa shape index (κ2) is 6.75. The molecule has 0 saturated heterocycles. The van der Waals surface area contributed by atoms with Crippen LogP contribution in [0.25, 0.3) is 0 Å². The van der Waals surface area contributed by atoms with Crippen molar-refractivity contribution >= 4 is 5.69 Å². The Balaban J connectivity index is 1.72. The Kier molecular flexibility index (Phi) is 4.69. The van der Waals surface area contributed by atoms with Gasteiger partial charge in [-0.15, -0.1) is 0 Å². The molecule has 2 aromatic carbocycles. The van der Waals surface area contributed by atoms with Gasteiger partial charge in [-0.2, -0.15) is 13.2 Å². The van der Waals surface area contributed by atoms with Crippen LogP contribution in [-0.4, -0.2) is 0 Å².